The number of carbonyl (C=O) groups excluding carboxylic acids is 1. The lowest BCUT2D eigenvalue weighted by Crippen LogP contribution is -2.14. The average molecular weight is 339 g/mol. The minimum absolute atomic E-state index is 0.0973. The molecule has 0 radical (unpaired) electrons. The Labute approximate surface area is 144 Å². The Kier molecular flexibility index (Phi) is 5.22. The van der Waals surface area contributed by atoms with Gasteiger partial charge in [0.2, 0.25) is 5.91 Å². The van der Waals surface area contributed by atoms with Crippen molar-refractivity contribution in [2.45, 2.75) is 18.6 Å². The van der Waals surface area contributed by atoms with E-state index in [4.69, 9.17) is 0 Å². The van der Waals surface area contributed by atoms with E-state index < -0.39 is 0 Å². The van der Waals surface area contributed by atoms with Crippen molar-refractivity contribution in [3.05, 3.63) is 54.9 Å². The molecule has 2 aromatic heterocycles. The van der Waals surface area contributed by atoms with Crippen molar-refractivity contribution in [1.29, 1.82) is 0 Å². The highest BCUT2D eigenvalue weighted by Gasteiger charge is 2.14. The van der Waals surface area contributed by atoms with Crippen LogP contribution in [0.3, 0.4) is 0 Å². The van der Waals surface area contributed by atoms with Crippen LogP contribution in [-0.2, 0) is 11.3 Å². The van der Waals surface area contributed by atoms with E-state index in [0.29, 0.717) is 5.69 Å². The fourth-order valence-corrected chi connectivity index (χ4v) is 3.05. The van der Waals surface area contributed by atoms with Crippen LogP contribution in [0.2, 0.25) is 0 Å². The molecule has 122 valence electrons. The Hall–Kier alpha value is -2.67. The third-order valence-electron chi connectivity index (χ3n) is 3.34. The van der Waals surface area contributed by atoms with Crippen LogP contribution in [0.15, 0.2) is 60.0 Å². The lowest BCUT2D eigenvalue weighted by molar-refractivity contribution is -0.113. The summed E-state index contributed by atoms with van der Waals surface area (Å²) in [6.07, 6.45) is 3.28. The van der Waals surface area contributed by atoms with Gasteiger partial charge in [-0.1, -0.05) is 42.1 Å². The van der Waals surface area contributed by atoms with Crippen molar-refractivity contribution < 1.29 is 4.79 Å². The molecular weight excluding hydrogens is 322 g/mol. The summed E-state index contributed by atoms with van der Waals surface area (Å²) in [6.45, 7) is 2.78. The van der Waals surface area contributed by atoms with Gasteiger partial charge in [0.15, 0.2) is 11.0 Å². The van der Waals surface area contributed by atoms with Gasteiger partial charge in [-0.05, 0) is 19.1 Å². The second kappa shape index (κ2) is 7.74. The number of aromatic nitrogens is 4. The number of nitrogens with one attached hydrogen (secondary N) is 1. The number of pyridine rings is 1. The average Bonchev–Trinajstić information content (AvgIpc) is 3.04. The van der Waals surface area contributed by atoms with Gasteiger partial charge >= 0.3 is 0 Å². The van der Waals surface area contributed by atoms with Crippen molar-refractivity contribution in [3.63, 3.8) is 0 Å². The standard InChI is InChI=1S/C17H17N5OS/c1-2-22-16(13-7-4-3-5-8-13)20-21-17(22)24-12-15(23)19-14-9-6-10-18-11-14/h3-11H,2,12H2,1H3,(H,19,23). The Morgan fingerprint density at radius 3 is 2.71 bits per heavy atom. The Bertz CT molecular complexity index is 804. The monoisotopic (exact) mass is 339 g/mol. The molecule has 0 unspecified atom stereocenters. The van der Waals surface area contributed by atoms with E-state index in [1.807, 2.05) is 41.8 Å². The van der Waals surface area contributed by atoms with Crippen molar-refractivity contribution >= 4 is 23.4 Å². The van der Waals surface area contributed by atoms with Crippen LogP contribution in [0, 0.1) is 0 Å². The summed E-state index contributed by atoms with van der Waals surface area (Å²) in [5, 5.41) is 12.0. The van der Waals surface area contributed by atoms with E-state index >= 15 is 0 Å². The predicted octanol–water partition coefficient (Wildman–Crippen LogP) is 3.09. The first-order chi connectivity index (χ1) is 11.8. The van der Waals surface area contributed by atoms with Gasteiger partial charge in [-0.3, -0.25) is 9.78 Å². The molecule has 2 heterocycles. The first-order valence-corrected chi connectivity index (χ1v) is 8.57. The van der Waals surface area contributed by atoms with Gasteiger partial charge in [-0.15, -0.1) is 10.2 Å². The molecule has 24 heavy (non-hydrogen) atoms. The van der Waals surface area contributed by atoms with E-state index in [9.17, 15) is 4.79 Å². The topological polar surface area (TPSA) is 72.7 Å². The maximum absolute atomic E-state index is 12.0. The molecule has 0 aliphatic carbocycles. The van der Waals surface area contributed by atoms with E-state index in [2.05, 4.69) is 20.5 Å². The molecule has 0 atom stereocenters. The predicted molar refractivity (Wildman–Crippen MR) is 94.7 cm³/mol. The Morgan fingerprint density at radius 1 is 1.17 bits per heavy atom. The van der Waals surface area contributed by atoms with Crippen molar-refractivity contribution in [3.8, 4) is 11.4 Å². The van der Waals surface area contributed by atoms with Gasteiger partial charge in [-0.2, -0.15) is 0 Å². The molecule has 0 fully saturated rings. The minimum atomic E-state index is -0.0973. The smallest absolute Gasteiger partial charge is 0.234 e. The Morgan fingerprint density at radius 2 is 2.00 bits per heavy atom. The molecule has 0 aliphatic rings. The van der Waals surface area contributed by atoms with E-state index in [1.165, 1.54) is 11.8 Å². The van der Waals surface area contributed by atoms with Crippen LogP contribution in [-0.4, -0.2) is 31.4 Å². The molecule has 0 saturated carbocycles. The number of benzene rings is 1. The molecule has 1 aromatic carbocycles. The molecular formula is C17H17N5OS. The zero-order chi connectivity index (χ0) is 16.8. The van der Waals surface area contributed by atoms with Crippen LogP contribution in [0.25, 0.3) is 11.4 Å². The fourth-order valence-electron chi connectivity index (χ4n) is 2.25. The summed E-state index contributed by atoms with van der Waals surface area (Å²) >= 11 is 1.37. The van der Waals surface area contributed by atoms with Crippen LogP contribution < -0.4 is 5.32 Å². The second-order valence-corrected chi connectivity index (χ2v) is 5.94. The van der Waals surface area contributed by atoms with Crippen molar-refractivity contribution in [2.75, 3.05) is 11.1 Å². The minimum Gasteiger partial charge on any atom is -0.324 e. The zero-order valence-electron chi connectivity index (χ0n) is 13.2. The highest BCUT2D eigenvalue weighted by atomic mass is 32.2. The molecule has 1 N–H and O–H groups in total. The molecule has 0 spiro atoms. The SMILES string of the molecule is CCn1c(SCC(=O)Nc2cccnc2)nnc1-c1ccccc1. The summed E-state index contributed by atoms with van der Waals surface area (Å²) in [4.78, 5) is 16.0. The number of anilines is 1. The summed E-state index contributed by atoms with van der Waals surface area (Å²) in [5.74, 6) is 0.982. The first kappa shape index (κ1) is 16.2. The van der Waals surface area contributed by atoms with Gasteiger partial charge in [0.1, 0.15) is 0 Å². The van der Waals surface area contributed by atoms with Crippen LogP contribution in [0.4, 0.5) is 5.69 Å². The van der Waals surface area contributed by atoms with Gasteiger partial charge in [-0.25, -0.2) is 0 Å². The van der Waals surface area contributed by atoms with Gasteiger partial charge in [0.05, 0.1) is 17.6 Å². The third kappa shape index (κ3) is 3.80. The number of hydrogen-bond acceptors (Lipinski definition) is 5. The van der Waals surface area contributed by atoms with Crippen LogP contribution >= 0.6 is 11.8 Å². The fraction of sp³-hybridized carbons (Fsp3) is 0.176. The number of carbonyl (C=O) groups is 1. The highest BCUT2D eigenvalue weighted by Crippen LogP contribution is 2.23. The second-order valence-electron chi connectivity index (χ2n) is 5.00. The number of hydrogen-bond donors (Lipinski definition) is 1. The molecule has 3 aromatic rings. The van der Waals surface area contributed by atoms with Crippen LogP contribution in [0.1, 0.15) is 6.92 Å². The number of thioether (sulfide) groups is 1. The first-order valence-electron chi connectivity index (χ1n) is 7.59. The number of nitrogens with zero attached hydrogens (tertiary/aromatic N) is 4. The van der Waals surface area contributed by atoms with Crippen molar-refractivity contribution in [2.24, 2.45) is 0 Å². The van der Waals surface area contributed by atoms with E-state index in [0.717, 1.165) is 23.1 Å². The van der Waals surface area contributed by atoms with Gasteiger partial charge < -0.3 is 9.88 Å². The lowest BCUT2D eigenvalue weighted by atomic mass is 10.2. The maximum atomic E-state index is 12.0. The molecule has 3 rings (SSSR count). The molecule has 0 aliphatic heterocycles. The zero-order valence-corrected chi connectivity index (χ0v) is 14.0. The molecule has 0 saturated heterocycles. The maximum Gasteiger partial charge on any atom is 0.234 e. The molecule has 6 nitrogen and oxygen atoms in total. The largest absolute Gasteiger partial charge is 0.324 e. The highest BCUT2D eigenvalue weighted by molar-refractivity contribution is 7.99. The normalized spacial score (nSPS) is 10.5. The number of rotatable bonds is 6. The van der Waals surface area contributed by atoms with Gasteiger partial charge in [0, 0.05) is 18.3 Å². The summed E-state index contributed by atoms with van der Waals surface area (Å²) in [7, 11) is 0. The van der Waals surface area contributed by atoms with E-state index in [-0.39, 0.29) is 11.7 Å². The van der Waals surface area contributed by atoms with Crippen LogP contribution in [0.5, 0.6) is 0 Å². The summed E-state index contributed by atoms with van der Waals surface area (Å²) in [5.41, 5.74) is 1.70. The Balaban J connectivity index is 1.67. The molecule has 1 amide bonds. The lowest BCUT2D eigenvalue weighted by Gasteiger charge is -2.07. The molecule has 7 heteroatoms. The third-order valence-corrected chi connectivity index (χ3v) is 4.31. The molecule has 0 bridgehead atoms. The van der Waals surface area contributed by atoms with E-state index in [1.54, 1.807) is 24.5 Å². The number of amides is 1. The summed E-state index contributed by atoms with van der Waals surface area (Å²) < 4.78 is 2.01. The van der Waals surface area contributed by atoms with Gasteiger partial charge in [0.25, 0.3) is 0 Å². The quantitative estimate of drug-likeness (QED) is 0.699. The summed E-state index contributed by atoms with van der Waals surface area (Å²) in [6, 6.07) is 13.5. The van der Waals surface area contributed by atoms with Crippen molar-refractivity contribution in [1.82, 2.24) is 19.7 Å².